The van der Waals surface area contributed by atoms with Crippen LogP contribution < -0.4 is 10.1 Å². The van der Waals surface area contributed by atoms with Crippen molar-refractivity contribution in [2.75, 3.05) is 18.4 Å². The van der Waals surface area contributed by atoms with Gasteiger partial charge in [-0.1, -0.05) is 37.3 Å². The minimum Gasteiger partial charge on any atom is -0.455 e. The first kappa shape index (κ1) is 19.0. The lowest BCUT2D eigenvalue weighted by molar-refractivity contribution is 0.0697. The maximum Gasteiger partial charge on any atom is 0.255 e. The minimum absolute atomic E-state index is 0.0434. The zero-order valence-electron chi connectivity index (χ0n) is 16.5. The van der Waals surface area contributed by atoms with E-state index in [0.29, 0.717) is 17.2 Å². The Morgan fingerprint density at radius 2 is 1.76 bits per heavy atom. The molecule has 0 aliphatic carbocycles. The molecule has 1 aliphatic rings. The first-order valence-electron chi connectivity index (χ1n) is 10.0. The number of para-hydroxylation sites is 3. The Morgan fingerprint density at radius 1 is 1.03 bits per heavy atom. The number of ether oxygens (including phenoxy) is 1. The van der Waals surface area contributed by atoms with Crippen LogP contribution in [0.2, 0.25) is 0 Å². The second kappa shape index (κ2) is 8.78. The number of likely N-dealkylation sites (tertiary alicyclic amines) is 1. The largest absolute Gasteiger partial charge is 0.455 e. The Morgan fingerprint density at radius 3 is 2.55 bits per heavy atom. The zero-order chi connectivity index (χ0) is 20.1. The Bertz CT molecular complexity index is 967. The minimum atomic E-state index is 0.0434. The molecule has 1 saturated heterocycles. The predicted molar refractivity (Wildman–Crippen MR) is 115 cm³/mol. The number of benzene rings is 2. The van der Waals surface area contributed by atoms with Crippen LogP contribution in [-0.4, -0.2) is 28.9 Å². The van der Waals surface area contributed by atoms with Crippen LogP contribution in [0.5, 0.6) is 11.5 Å². The maximum absolute atomic E-state index is 12.9. The van der Waals surface area contributed by atoms with Gasteiger partial charge >= 0.3 is 0 Å². The number of pyridine rings is 1. The van der Waals surface area contributed by atoms with Gasteiger partial charge in [0.1, 0.15) is 5.75 Å². The average molecular weight is 387 g/mol. The van der Waals surface area contributed by atoms with E-state index in [0.717, 1.165) is 43.1 Å². The maximum atomic E-state index is 12.9. The molecule has 1 aliphatic heterocycles. The van der Waals surface area contributed by atoms with E-state index in [1.54, 1.807) is 12.4 Å². The summed E-state index contributed by atoms with van der Waals surface area (Å²) in [5.74, 6) is 2.21. The van der Waals surface area contributed by atoms with Gasteiger partial charge in [-0.05, 0) is 49.1 Å². The van der Waals surface area contributed by atoms with Crippen LogP contribution in [0.3, 0.4) is 0 Å². The highest BCUT2D eigenvalue weighted by molar-refractivity contribution is 5.95. The third kappa shape index (κ3) is 4.74. The zero-order valence-corrected chi connectivity index (χ0v) is 16.5. The standard InChI is InChI=1S/C24H25N3O2/c1-18-11-13-27(14-12-18)24(28)19-15-20(17-25-16-19)26-22-9-5-6-10-23(22)29-21-7-3-2-4-8-21/h2-10,15-18,26H,11-14H2,1H3. The molecule has 0 radical (unpaired) electrons. The molecule has 5 nitrogen and oxygen atoms in total. The molecule has 4 rings (SSSR count). The molecule has 148 valence electrons. The Kier molecular flexibility index (Phi) is 5.75. The quantitative estimate of drug-likeness (QED) is 0.629. The van der Waals surface area contributed by atoms with E-state index < -0.39 is 0 Å². The molecule has 2 aromatic carbocycles. The van der Waals surface area contributed by atoms with Crippen molar-refractivity contribution < 1.29 is 9.53 Å². The highest BCUT2D eigenvalue weighted by Crippen LogP contribution is 2.31. The van der Waals surface area contributed by atoms with Gasteiger partial charge in [0.15, 0.2) is 5.75 Å². The summed E-state index contributed by atoms with van der Waals surface area (Å²) in [6.45, 7) is 3.86. The van der Waals surface area contributed by atoms with Crippen LogP contribution in [0.4, 0.5) is 11.4 Å². The highest BCUT2D eigenvalue weighted by Gasteiger charge is 2.21. The van der Waals surface area contributed by atoms with Crippen molar-refractivity contribution in [2.45, 2.75) is 19.8 Å². The van der Waals surface area contributed by atoms with Gasteiger partial charge in [0, 0.05) is 19.3 Å². The fourth-order valence-electron chi connectivity index (χ4n) is 3.45. The van der Waals surface area contributed by atoms with E-state index in [4.69, 9.17) is 4.74 Å². The third-order valence-electron chi connectivity index (χ3n) is 5.19. The first-order chi connectivity index (χ1) is 14.2. The van der Waals surface area contributed by atoms with E-state index in [-0.39, 0.29) is 5.91 Å². The SMILES string of the molecule is CC1CCN(C(=O)c2cncc(Nc3ccccc3Oc3ccccc3)c2)CC1. The summed E-state index contributed by atoms with van der Waals surface area (Å²) in [4.78, 5) is 19.1. The van der Waals surface area contributed by atoms with E-state index >= 15 is 0 Å². The van der Waals surface area contributed by atoms with Gasteiger partial charge < -0.3 is 15.0 Å². The van der Waals surface area contributed by atoms with E-state index in [1.807, 2.05) is 65.6 Å². The molecule has 5 heteroatoms. The van der Waals surface area contributed by atoms with Crippen molar-refractivity contribution in [1.29, 1.82) is 0 Å². The number of anilines is 2. The molecule has 1 amide bonds. The van der Waals surface area contributed by atoms with Crippen LogP contribution in [0, 0.1) is 5.92 Å². The number of piperidine rings is 1. The highest BCUT2D eigenvalue weighted by atomic mass is 16.5. The van der Waals surface area contributed by atoms with Gasteiger partial charge in [-0.15, -0.1) is 0 Å². The van der Waals surface area contributed by atoms with Crippen molar-refractivity contribution in [3.05, 3.63) is 78.6 Å². The Hall–Kier alpha value is -3.34. The number of nitrogens with one attached hydrogen (secondary N) is 1. The van der Waals surface area contributed by atoms with Gasteiger partial charge in [-0.3, -0.25) is 9.78 Å². The van der Waals surface area contributed by atoms with E-state index in [9.17, 15) is 4.79 Å². The van der Waals surface area contributed by atoms with Crippen molar-refractivity contribution in [1.82, 2.24) is 9.88 Å². The lowest BCUT2D eigenvalue weighted by Crippen LogP contribution is -2.37. The van der Waals surface area contributed by atoms with Crippen LogP contribution in [0.1, 0.15) is 30.1 Å². The molecule has 2 heterocycles. The van der Waals surface area contributed by atoms with Crippen LogP contribution in [0.25, 0.3) is 0 Å². The lowest BCUT2D eigenvalue weighted by Gasteiger charge is -2.30. The number of amides is 1. The summed E-state index contributed by atoms with van der Waals surface area (Å²) >= 11 is 0. The molecule has 3 aromatic rings. The third-order valence-corrected chi connectivity index (χ3v) is 5.19. The van der Waals surface area contributed by atoms with Crippen molar-refractivity contribution in [3.63, 3.8) is 0 Å². The molecule has 0 atom stereocenters. The van der Waals surface area contributed by atoms with Crippen LogP contribution >= 0.6 is 0 Å². The summed E-state index contributed by atoms with van der Waals surface area (Å²) < 4.78 is 6.01. The molecule has 0 saturated carbocycles. The number of rotatable bonds is 5. The smallest absolute Gasteiger partial charge is 0.255 e. The molecule has 29 heavy (non-hydrogen) atoms. The Balaban J connectivity index is 1.51. The fraction of sp³-hybridized carbons (Fsp3) is 0.250. The Labute approximate surface area is 171 Å². The molecular formula is C24H25N3O2. The topological polar surface area (TPSA) is 54.5 Å². The summed E-state index contributed by atoms with van der Waals surface area (Å²) in [5, 5.41) is 3.34. The van der Waals surface area contributed by atoms with E-state index in [2.05, 4.69) is 17.2 Å². The summed E-state index contributed by atoms with van der Waals surface area (Å²) in [6.07, 6.45) is 5.47. The molecule has 1 aromatic heterocycles. The first-order valence-corrected chi connectivity index (χ1v) is 10.0. The van der Waals surface area contributed by atoms with Crippen LogP contribution in [0.15, 0.2) is 73.1 Å². The summed E-state index contributed by atoms with van der Waals surface area (Å²) in [7, 11) is 0. The van der Waals surface area contributed by atoms with Crippen molar-refractivity contribution >= 4 is 17.3 Å². The van der Waals surface area contributed by atoms with Gasteiger partial charge in [0.05, 0.1) is 23.1 Å². The molecular weight excluding hydrogens is 362 g/mol. The predicted octanol–water partition coefficient (Wildman–Crippen LogP) is 5.49. The van der Waals surface area contributed by atoms with Crippen molar-refractivity contribution in [2.24, 2.45) is 5.92 Å². The average Bonchev–Trinajstić information content (AvgIpc) is 2.76. The summed E-state index contributed by atoms with van der Waals surface area (Å²) in [5.41, 5.74) is 2.17. The number of aromatic nitrogens is 1. The monoisotopic (exact) mass is 387 g/mol. The van der Waals surface area contributed by atoms with Gasteiger partial charge in [-0.2, -0.15) is 0 Å². The normalized spacial score (nSPS) is 14.4. The second-order valence-corrected chi connectivity index (χ2v) is 7.47. The molecule has 0 unspecified atom stereocenters. The lowest BCUT2D eigenvalue weighted by atomic mass is 9.99. The van der Waals surface area contributed by atoms with Crippen molar-refractivity contribution in [3.8, 4) is 11.5 Å². The number of nitrogens with zero attached hydrogens (tertiary/aromatic N) is 2. The molecule has 1 N–H and O–H groups in total. The fourth-order valence-corrected chi connectivity index (χ4v) is 3.45. The van der Waals surface area contributed by atoms with Gasteiger partial charge in [-0.25, -0.2) is 0 Å². The van der Waals surface area contributed by atoms with Gasteiger partial charge in [0.2, 0.25) is 0 Å². The second-order valence-electron chi connectivity index (χ2n) is 7.47. The molecule has 0 spiro atoms. The number of hydrogen-bond donors (Lipinski definition) is 1. The summed E-state index contributed by atoms with van der Waals surface area (Å²) in [6, 6.07) is 19.2. The number of hydrogen-bond acceptors (Lipinski definition) is 4. The number of carbonyl (C=O) groups is 1. The van der Waals surface area contributed by atoms with E-state index in [1.165, 1.54) is 0 Å². The molecule has 1 fully saturated rings. The number of carbonyl (C=O) groups excluding carboxylic acids is 1. The van der Waals surface area contributed by atoms with Gasteiger partial charge in [0.25, 0.3) is 5.91 Å². The molecule has 0 bridgehead atoms. The van der Waals surface area contributed by atoms with Crippen LogP contribution in [-0.2, 0) is 0 Å².